The van der Waals surface area contributed by atoms with Crippen LogP contribution in [0.3, 0.4) is 0 Å². The molecule has 0 aliphatic carbocycles. The molecule has 0 unspecified atom stereocenters. The Bertz CT molecular complexity index is 1340. The molecule has 1 aromatic heterocycles. The molecule has 4 aromatic rings. The van der Waals surface area contributed by atoms with Crippen molar-refractivity contribution in [3.05, 3.63) is 87.8 Å². The molecule has 0 bridgehead atoms. The van der Waals surface area contributed by atoms with E-state index < -0.39 is 5.91 Å². The fourth-order valence-corrected chi connectivity index (χ4v) is 4.20. The predicted molar refractivity (Wildman–Crippen MR) is 124 cm³/mol. The molecule has 4 rings (SSSR count). The van der Waals surface area contributed by atoms with Crippen LogP contribution in [0.5, 0.6) is 5.75 Å². The van der Waals surface area contributed by atoms with Crippen molar-refractivity contribution >= 4 is 45.7 Å². The summed E-state index contributed by atoms with van der Waals surface area (Å²) in [5, 5.41) is 8.42. The third kappa shape index (κ3) is 4.42. The number of ether oxygens (including phenoxy) is 1. The van der Waals surface area contributed by atoms with E-state index in [0.717, 1.165) is 15.5 Å². The third-order valence-corrected chi connectivity index (χ3v) is 6.16. The molecule has 1 heterocycles. The Morgan fingerprint density at radius 2 is 1.77 bits per heavy atom. The molecule has 3 aromatic carbocycles. The molecule has 0 saturated carbocycles. The molecule has 0 radical (unpaired) electrons. The Labute approximate surface area is 187 Å². The predicted octanol–water partition coefficient (Wildman–Crippen LogP) is 5.00. The summed E-state index contributed by atoms with van der Waals surface area (Å²) >= 11 is 7.96. The summed E-state index contributed by atoms with van der Waals surface area (Å²) in [7, 11) is 3.15. The van der Waals surface area contributed by atoms with Gasteiger partial charge in [-0.05, 0) is 48.5 Å². The number of hydrogen-bond acceptors (Lipinski definition) is 5. The first-order valence-corrected chi connectivity index (χ1v) is 10.5. The van der Waals surface area contributed by atoms with Gasteiger partial charge in [0.1, 0.15) is 5.75 Å². The topological polar surface area (TPSA) is 73.2 Å². The van der Waals surface area contributed by atoms with Crippen molar-refractivity contribution in [1.29, 1.82) is 0 Å². The summed E-state index contributed by atoms with van der Waals surface area (Å²) in [5.41, 5.74) is 0.453. The van der Waals surface area contributed by atoms with Gasteiger partial charge in [-0.2, -0.15) is 5.10 Å². The van der Waals surface area contributed by atoms with Gasteiger partial charge in [-0.15, -0.1) is 0 Å². The van der Waals surface area contributed by atoms with Crippen LogP contribution in [0.15, 0.2) is 81.3 Å². The van der Waals surface area contributed by atoms with Gasteiger partial charge >= 0.3 is 0 Å². The number of methoxy groups -OCH3 is 1. The first-order valence-electron chi connectivity index (χ1n) is 9.35. The number of carbonyl (C=O) groups is 1. The van der Waals surface area contributed by atoms with E-state index in [4.69, 9.17) is 16.3 Å². The summed E-state index contributed by atoms with van der Waals surface area (Å²) in [6, 6.07) is 19.9. The fourth-order valence-electron chi connectivity index (χ4n) is 3.09. The highest BCUT2D eigenvalue weighted by molar-refractivity contribution is 7.99. The van der Waals surface area contributed by atoms with E-state index in [0.29, 0.717) is 21.5 Å². The number of aromatic nitrogens is 2. The number of amides is 1. The first kappa shape index (κ1) is 21.0. The van der Waals surface area contributed by atoms with Gasteiger partial charge in [-0.1, -0.05) is 41.6 Å². The number of benzene rings is 3. The normalized spacial score (nSPS) is 10.8. The number of halogens is 1. The van der Waals surface area contributed by atoms with Gasteiger partial charge in [0.05, 0.1) is 17.5 Å². The number of carbonyl (C=O) groups excluding carboxylic acids is 1. The largest absolute Gasteiger partial charge is 0.497 e. The zero-order valence-corrected chi connectivity index (χ0v) is 18.3. The molecule has 0 aliphatic rings. The zero-order valence-electron chi connectivity index (χ0n) is 16.8. The standard InChI is InChI=1S/C23H18ClN3O3S/c1-27-23(29)18-6-4-3-5-17(18)21(26-27)22(28)25-14-7-12-20(19(24)13-14)31-16-10-8-15(30-2)9-11-16/h3-13H,1-2H3,(H,25,28). The van der Waals surface area contributed by atoms with Crippen molar-refractivity contribution in [2.24, 2.45) is 7.05 Å². The average molecular weight is 452 g/mol. The molecule has 0 aliphatic heterocycles. The van der Waals surface area contributed by atoms with Crippen molar-refractivity contribution in [3.8, 4) is 5.75 Å². The first-order chi connectivity index (χ1) is 15.0. The highest BCUT2D eigenvalue weighted by Gasteiger charge is 2.16. The molecule has 8 heteroatoms. The van der Waals surface area contributed by atoms with Crippen molar-refractivity contribution < 1.29 is 9.53 Å². The van der Waals surface area contributed by atoms with E-state index in [1.54, 1.807) is 43.5 Å². The summed E-state index contributed by atoms with van der Waals surface area (Å²) < 4.78 is 6.34. The van der Waals surface area contributed by atoms with E-state index in [1.807, 2.05) is 30.3 Å². The summed E-state index contributed by atoms with van der Waals surface area (Å²) in [5.74, 6) is 0.367. The monoisotopic (exact) mass is 451 g/mol. The van der Waals surface area contributed by atoms with Crippen LogP contribution in [0.1, 0.15) is 10.5 Å². The maximum atomic E-state index is 12.9. The van der Waals surface area contributed by atoms with Crippen LogP contribution in [0.4, 0.5) is 5.69 Å². The van der Waals surface area contributed by atoms with Crippen LogP contribution in [0, 0.1) is 0 Å². The number of nitrogens with one attached hydrogen (secondary N) is 1. The van der Waals surface area contributed by atoms with Crippen LogP contribution in [0.25, 0.3) is 10.8 Å². The van der Waals surface area contributed by atoms with Gasteiger partial charge in [0.25, 0.3) is 11.5 Å². The SMILES string of the molecule is COc1ccc(Sc2ccc(NC(=O)c3nn(C)c(=O)c4ccccc34)cc2Cl)cc1. The van der Waals surface area contributed by atoms with Crippen molar-refractivity contribution in [3.63, 3.8) is 0 Å². The van der Waals surface area contributed by atoms with Gasteiger partial charge in [0, 0.05) is 27.9 Å². The van der Waals surface area contributed by atoms with Crippen LogP contribution < -0.4 is 15.6 Å². The Kier molecular flexibility index (Phi) is 5.97. The lowest BCUT2D eigenvalue weighted by Gasteiger charge is -2.11. The number of rotatable bonds is 5. The number of fused-ring (bicyclic) bond motifs is 1. The van der Waals surface area contributed by atoms with E-state index in [2.05, 4.69) is 10.4 Å². The van der Waals surface area contributed by atoms with Crippen LogP contribution in [-0.4, -0.2) is 22.8 Å². The fraction of sp³-hybridized carbons (Fsp3) is 0.0870. The molecule has 0 atom stereocenters. The molecular weight excluding hydrogens is 434 g/mol. The van der Waals surface area contributed by atoms with E-state index in [-0.39, 0.29) is 11.3 Å². The quantitative estimate of drug-likeness (QED) is 0.462. The van der Waals surface area contributed by atoms with Gasteiger partial charge in [0.15, 0.2) is 5.69 Å². The average Bonchev–Trinajstić information content (AvgIpc) is 2.78. The van der Waals surface area contributed by atoms with Gasteiger partial charge < -0.3 is 10.1 Å². The van der Waals surface area contributed by atoms with Gasteiger partial charge in [0.2, 0.25) is 0 Å². The second-order valence-electron chi connectivity index (χ2n) is 6.70. The summed E-state index contributed by atoms with van der Waals surface area (Å²) in [6.45, 7) is 0. The molecule has 0 spiro atoms. The minimum atomic E-state index is -0.418. The lowest BCUT2D eigenvalue weighted by atomic mass is 10.1. The number of hydrogen-bond donors (Lipinski definition) is 1. The molecular formula is C23H18ClN3O3S. The summed E-state index contributed by atoms with van der Waals surface area (Å²) in [6.07, 6.45) is 0. The zero-order chi connectivity index (χ0) is 22.0. The molecule has 1 N–H and O–H groups in total. The van der Waals surface area contributed by atoms with Crippen LogP contribution in [-0.2, 0) is 7.05 Å². The summed E-state index contributed by atoms with van der Waals surface area (Å²) in [4.78, 5) is 27.0. The Morgan fingerprint density at radius 1 is 1.06 bits per heavy atom. The number of aryl methyl sites for hydroxylation is 1. The second kappa shape index (κ2) is 8.83. The van der Waals surface area contributed by atoms with Crippen LogP contribution >= 0.6 is 23.4 Å². The van der Waals surface area contributed by atoms with E-state index >= 15 is 0 Å². The van der Waals surface area contributed by atoms with Crippen molar-refractivity contribution in [1.82, 2.24) is 9.78 Å². The number of nitrogens with zero attached hydrogens (tertiary/aromatic N) is 2. The number of anilines is 1. The highest BCUT2D eigenvalue weighted by Crippen LogP contribution is 2.35. The highest BCUT2D eigenvalue weighted by atomic mass is 35.5. The maximum absolute atomic E-state index is 12.9. The maximum Gasteiger partial charge on any atom is 0.276 e. The molecule has 31 heavy (non-hydrogen) atoms. The smallest absolute Gasteiger partial charge is 0.276 e. The lowest BCUT2D eigenvalue weighted by molar-refractivity contribution is 0.102. The Hall–Kier alpha value is -3.29. The molecule has 0 saturated heterocycles. The molecule has 6 nitrogen and oxygen atoms in total. The molecule has 1 amide bonds. The lowest BCUT2D eigenvalue weighted by Crippen LogP contribution is -2.25. The Morgan fingerprint density at radius 3 is 2.45 bits per heavy atom. The van der Waals surface area contributed by atoms with E-state index in [1.165, 1.54) is 23.5 Å². The second-order valence-corrected chi connectivity index (χ2v) is 8.22. The van der Waals surface area contributed by atoms with Gasteiger partial charge in [-0.25, -0.2) is 4.68 Å². The molecule has 0 fully saturated rings. The third-order valence-electron chi connectivity index (χ3n) is 4.65. The molecule has 156 valence electrons. The minimum absolute atomic E-state index is 0.172. The van der Waals surface area contributed by atoms with Crippen molar-refractivity contribution in [2.75, 3.05) is 12.4 Å². The van der Waals surface area contributed by atoms with E-state index in [9.17, 15) is 9.59 Å². The minimum Gasteiger partial charge on any atom is -0.497 e. The van der Waals surface area contributed by atoms with Crippen molar-refractivity contribution in [2.45, 2.75) is 9.79 Å². The van der Waals surface area contributed by atoms with Crippen LogP contribution in [0.2, 0.25) is 5.02 Å². The van der Waals surface area contributed by atoms with Gasteiger partial charge in [-0.3, -0.25) is 9.59 Å². The Balaban J connectivity index is 1.57.